The van der Waals surface area contributed by atoms with E-state index in [1.807, 2.05) is 6.92 Å². The largest absolute Gasteiger partial charge is 0.479 e. The Kier molecular flexibility index (Phi) is 7.98. The minimum atomic E-state index is -0.941. The summed E-state index contributed by atoms with van der Waals surface area (Å²) in [5, 5.41) is 14.2. The van der Waals surface area contributed by atoms with Crippen molar-refractivity contribution < 1.29 is 24.2 Å². The van der Waals surface area contributed by atoms with Crippen molar-refractivity contribution in [2.24, 2.45) is 0 Å². The summed E-state index contributed by atoms with van der Waals surface area (Å²) in [4.78, 5) is 22.2. The number of urea groups is 1. The molecule has 0 aromatic heterocycles. The fourth-order valence-corrected chi connectivity index (χ4v) is 1.93. The first-order valence-corrected chi connectivity index (χ1v) is 7.11. The summed E-state index contributed by atoms with van der Waals surface area (Å²) in [6, 6.07) is -0.261. The third kappa shape index (κ3) is 6.72. The van der Waals surface area contributed by atoms with Gasteiger partial charge in [0.25, 0.3) is 0 Å². The molecular formula is C13H24N2O5. The minimum Gasteiger partial charge on any atom is -0.479 e. The van der Waals surface area contributed by atoms with Gasteiger partial charge in [-0.15, -0.1) is 0 Å². The lowest BCUT2D eigenvalue weighted by atomic mass is 10.2. The predicted octanol–water partition coefficient (Wildman–Crippen LogP) is 0.735. The van der Waals surface area contributed by atoms with E-state index in [-0.39, 0.29) is 12.1 Å². The van der Waals surface area contributed by atoms with Gasteiger partial charge in [-0.1, -0.05) is 6.92 Å². The molecule has 2 unspecified atom stereocenters. The number of carboxylic acid groups (broad SMARTS) is 1. The van der Waals surface area contributed by atoms with Gasteiger partial charge in [0.2, 0.25) is 0 Å². The third-order valence-corrected chi connectivity index (χ3v) is 2.97. The molecule has 1 rings (SSSR count). The maximum atomic E-state index is 11.5. The fourth-order valence-electron chi connectivity index (χ4n) is 1.93. The Morgan fingerprint density at radius 3 is 2.75 bits per heavy atom. The summed E-state index contributed by atoms with van der Waals surface area (Å²) in [6.45, 7) is 4.32. The zero-order valence-electron chi connectivity index (χ0n) is 11.9. The molecule has 0 bridgehead atoms. The van der Waals surface area contributed by atoms with Gasteiger partial charge in [-0.05, 0) is 25.7 Å². The van der Waals surface area contributed by atoms with E-state index in [4.69, 9.17) is 14.6 Å². The van der Waals surface area contributed by atoms with Crippen LogP contribution in [0.2, 0.25) is 0 Å². The number of aliphatic carboxylic acids is 1. The molecule has 116 valence electrons. The maximum absolute atomic E-state index is 11.5. The van der Waals surface area contributed by atoms with Crippen LogP contribution in [0.3, 0.4) is 0 Å². The number of hydrogen-bond acceptors (Lipinski definition) is 4. The molecule has 0 aliphatic carbocycles. The lowest BCUT2D eigenvalue weighted by molar-refractivity contribution is -0.149. The second-order valence-electron chi connectivity index (χ2n) is 4.77. The Balaban J connectivity index is 1.99. The van der Waals surface area contributed by atoms with E-state index < -0.39 is 12.1 Å². The topological polar surface area (TPSA) is 96.9 Å². The Bertz CT molecular complexity index is 311. The number of carboxylic acids is 1. The van der Waals surface area contributed by atoms with Crippen LogP contribution in [0.5, 0.6) is 0 Å². The van der Waals surface area contributed by atoms with Gasteiger partial charge in [0.15, 0.2) is 6.10 Å². The Labute approximate surface area is 119 Å². The molecule has 1 saturated heterocycles. The molecule has 0 saturated carbocycles. The van der Waals surface area contributed by atoms with Crippen molar-refractivity contribution in [1.82, 2.24) is 10.6 Å². The van der Waals surface area contributed by atoms with Gasteiger partial charge < -0.3 is 25.2 Å². The highest BCUT2D eigenvalue weighted by Crippen LogP contribution is 2.18. The van der Waals surface area contributed by atoms with Gasteiger partial charge in [-0.3, -0.25) is 0 Å². The van der Waals surface area contributed by atoms with Crippen LogP contribution in [-0.2, 0) is 14.3 Å². The summed E-state index contributed by atoms with van der Waals surface area (Å²) in [5.74, 6) is -0.941. The average Bonchev–Trinajstić information content (AvgIpc) is 2.89. The monoisotopic (exact) mass is 288 g/mol. The number of amides is 2. The van der Waals surface area contributed by atoms with Crippen molar-refractivity contribution in [2.45, 2.75) is 44.8 Å². The summed E-state index contributed by atoms with van der Waals surface area (Å²) in [7, 11) is 0. The number of carbonyl (C=O) groups is 2. The molecule has 7 nitrogen and oxygen atoms in total. The van der Waals surface area contributed by atoms with Crippen molar-refractivity contribution in [2.75, 3.05) is 26.3 Å². The summed E-state index contributed by atoms with van der Waals surface area (Å²) in [6.07, 6.45) is 1.97. The van der Waals surface area contributed by atoms with Crippen LogP contribution in [0.4, 0.5) is 4.79 Å². The molecular weight excluding hydrogens is 264 g/mol. The van der Waals surface area contributed by atoms with Crippen LogP contribution in [0, 0.1) is 0 Å². The zero-order chi connectivity index (χ0) is 14.8. The van der Waals surface area contributed by atoms with Crippen LogP contribution in [0.15, 0.2) is 0 Å². The minimum absolute atomic E-state index is 0.213. The standard InChI is InChI=1S/C13H24N2O5/c1-2-7-19-8-3-6-14-13(18)15-9-10-4-5-11(20-10)12(16)17/h10-11H,2-9H2,1H3,(H,16,17)(H2,14,15,18). The molecule has 1 heterocycles. The summed E-state index contributed by atoms with van der Waals surface area (Å²) in [5.41, 5.74) is 0. The molecule has 2 atom stereocenters. The maximum Gasteiger partial charge on any atom is 0.332 e. The van der Waals surface area contributed by atoms with Gasteiger partial charge >= 0.3 is 12.0 Å². The fraction of sp³-hybridized carbons (Fsp3) is 0.846. The molecule has 1 fully saturated rings. The molecule has 0 aromatic rings. The first-order chi connectivity index (χ1) is 9.63. The Morgan fingerprint density at radius 2 is 2.10 bits per heavy atom. The first kappa shape index (κ1) is 16.7. The summed E-state index contributed by atoms with van der Waals surface area (Å²) >= 11 is 0. The lowest BCUT2D eigenvalue weighted by Gasteiger charge is -2.13. The molecule has 0 spiro atoms. The average molecular weight is 288 g/mol. The van der Waals surface area contributed by atoms with Gasteiger partial charge in [-0.2, -0.15) is 0 Å². The van der Waals surface area contributed by atoms with Gasteiger partial charge in [0.05, 0.1) is 6.10 Å². The number of nitrogens with one attached hydrogen (secondary N) is 2. The lowest BCUT2D eigenvalue weighted by Crippen LogP contribution is -2.40. The molecule has 7 heteroatoms. The van der Waals surface area contributed by atoms with Gasteiger partial charge in [-0.25, -0.2) is 9.59 Å². The SMILES string of the molecule is CCCOCCCNC(=O)NCC1CCC(C(=O)O)O1. The number of hydrogen-bond donors (Lipinski definition) is 3. The number of rotatable bonds is 9. The quantitative estimate of drug-likeness (QED) is 0.544. The normalized spacial score (nSPS) is 21.6. The molecule has 0 aromatic carbocycles. The van der Waals surface area contributed by atoms with Crippen LogP contribution >= 0.6 is 0 Å². The Hall–Kier alpha value is -1.34. The van der Waals surface area contributed by atoms with E-state index in [1.54, 1.807) is 0 Å². The van der Waals surface area contributed by atoms with Crippen molar-refractivity contribution in [3.63, 3.8) is 0 Å². The van der Waals surface area contributed by atoms with E-state index in [1.165, 1.54) is 0 Å². The van der Waals surface area contributed by atoms with Crippen molar-refractivity contribution in [3.8, 4) is 0 Å². The highest BCUT2D eigenvalue weighted by molar-refractivity contribution is 5.74. The second kappa shape index (κ2) is 9.55. The van der Waals surface area contributed by atoms with E-state index in [2.05, 4.69) is 10.6 Å². The molecule has 3 N–H and O–H groups in total. The van der Waals surface area contributed by atoms with Crippen molar-refractivity contribution in [1.29, 1.82) is 0 Å². The van der Waals surface area contributed by atoms with Crippen molar-refractivity contribution in [3.05, 3.63) is 0 Å². The zero-order valence-corrected chi connectivity index (χ0v) is 11.9. The van der Waals surface area contributed by atoms with Crippen LogP contribution in [0.25, 0.3) is 0 Å². The highest BCUT2D eigenvalue weighted by atomic mass is 16.5. The van der Waals surface area contributed by atoms with Gasteiger partial charge in [0, 0.05) is 26.3 Å². The van der Waals surface area contributed by atoms with E-state index in [0.29, 0.717) is 32.5 Å². The number of ether oxygens (including phenoxy) is 2. The smallest absolute Gasteiger partial charge is 0.332 e. The number of carbonyl (C=O) groups excluding carboxylic acids is 1. The molecule has 20 heavy (non-hydrogen) atoms. The Morgan fingerprint density at radius 1 is 1.30 bits per heavy atom. The first-order valence-electron chi connectivity index (χ1n) is 7.11. The molecule has 0 radical (unpaired) electrons. The molecule has 1 aliphatic rings. The third-order valence-electron chi connectivity index (χ3n) is 2.97. The van der Waals surface area contributed by atoms with E-state index in [0.717, 1.165) is 19.4 Å². The second-order valence-corrected chi connectivity index (χ2v) is 4.77. The predicted molar refractivity (Wildman–Crippen MR) is 72.7 cm³/mol. The van der Waals surface area contributed by atoms with Crippen LogP contribution in [0.1, 0.15) is 32.6 Å². The van der Waals surface area contributed by atoms with Crippen LogP contribution < -0.4 is 10.6 Å². The van der Waals surface area contributed by atoms with E-state index >= 15 is 0 Å². The summed E-state index contributed by atoms with van der Waals surface area (Å²) < 4.78 is 10.6. The van der Waals surface area contributed by atoms with Crippen molar-refractivity contribution >= 4 is 12.0 Å². The van der Waals surface area contributed by atoms with Crippen LogP contribution in [-0.4, -0.2) is 55.6 Å². The van der Waals surface area contributed by atoms with E-state index in [9.17, 15) is 9.59 Å². The van der Waals surface area contributed by atoms with Gasteiger partial charge in [0.1, 0.15) is 0 Å². The highest BCUT2D eigenvalue weighted by Gasteiger charge is 2.30. The molecule has 1 aliphatic heterocycles. The molecule has 2 amide bonds.